The maximum atomic E-state index is 12.9. The van der Waals surface area contributed by atoms with Crippen molar-refractivity contribution >= 4 is 6.21 Å². The van der Waals surface area contributed by atoms with E-state index < -0.39 is 11.7 Å². The lowest BCUT2D eigenvalue weighted by Crippen LogP contribution is -2.04. The van der Waals surface area contributed by atoms with Crippen LogP contribution in [0.4, 0.5) is 13.2 Å². The van der Waals surface area contributed by atoms with Gasteiger partial charge in [0.25, 0.3) is 0 Å². The van der Waals surface area contributed by atoms with Gasteiger partial charge < -0.3 is 0 Å². The number of alkyl halides is 3. The van der Waals surface area contributed by atoms with E-state index in [1.54, 1.807) is 25.4 Å². The monoisotopic (exact) mass is 344 g/mol. The maximum absolute atomic E-state index is 12.9. The van der Waals surface area contributed by atoms with Gasteiger partial charge in [0.1, 0.15) is 5.69 Å². The first-order valence-electron chi connectivity index (χ1n) is 7.56. The Morgan fingerprint density at radius 2 is 1.76 bits per heavy atom. The number of benzene rings is 2. The Balaban J connectivity index is 1.91. The van der Waals surface area contributed by atoms with Crippen molar-refractivity contribution in [2.45, 2.75) is 12.6 Å². The van der Waals surface area contributed by atoms with Gasteiger partial charge in [0.2, 0.25) is 0 Å². The highest BCUT2D eigenvalue weighted by Gasteiger charge is 2.30. The zero-order valence-corrected chi connectivity index (χ0v) is 13.4. The average molecular weight is 344 g/mol. The maximum Gasteiger partial charge on any atom is 0.416 e. The van der Waals surface area contributed by atoms with Crippen LogP contribution in [0.5, 0.6) is 0 Å². The number of halogens is 3. The number of rotatable bonds is 4. The van der Waals surface area contributed by atoms with E-state index in [9.17, 15) is 13.2 Å². The van der Waals surface area contributed by atoms with E-state index in [-0.39, 0.29) is 0 Å². The molecule has 0 unspecified atom stereocenters. The fraction of sp³-hybridized carbons (Fsp3) is 0.167. The Labute approximate surface area is 142 Å². The van der Waals surface area contributed by atoms with Gasteiger partial charge in [-0.25, -0.2) is 0 Å². The lowest BCUT2D eigenvalue weighted by molar-refractivity contribution is -0.137. The van der Waals surface area contributed by atoms with Crippen molar-refractivity contribution in [3.63, 3.8) is 0 Å². The smallest absolute Gasteiger partial charge is 0.294 e. The number of aromatic nitrogens is 3. The minimum atomic E-state index is -4.36. The summed E-state index contributed by atoms with van der Waals surface area (Å²) in [4.78, 5) is 3.92. The highest BCUT2D eigenvalue weighted by molar-refractivity contribution is 5.78. The standard InChI is InChI=1S/C18H15F3N4/c1-22-11-17-16(23-25-24-17)9-12-4-2-5-13(8-12)14-6-3-7-15(10-14)18(19,20)21/h2-8,10-11H,9H2,1H3,(H,23,24,25). The Morgan fingerprint density at radius 1 is 1.04 bits per heavy atom. The van der Waals surface area contributed by atoms with Crippen LogP contribution in [-0.4, -0.2) is 28.7 Å². The minimum absolute atomic E-state index is 0.505. The second-order valence-corrected chi connectivity index (χ2v) is 5.50. The van der Waals surface area contributed by atoms with Crippen LogP contribution in [0.15, 0.2) is 53.5 Å². The van der Waals surface area contributed by atoms with E-state index >= 15 is 0 Å². The highest BCUT2D eigenvalue weighted by Crippen LogP contribution is 2.32. The van der Waals surface area contributed by atoms with E-state index in [0.717, 1.165) is 29.0 Å². The predicted molar refractivity (Wildman–Crippen MR) is 89.6 cm³/mol. The summed E-state index contributed by atoms with van der Waals surface area (Å²) in [6.07, 6.45) is -2.25. The van der Waals surface area contributed by atoms with Crippen molar-refractivity contribution in [3.05, 3.63) is 71.0 Å². The molecule has 1 heterocycles. The first-order valence-corrected chi connectivity index (χ1v) is 7.56. The second kappa shape index (κ2) is 6.88. The molecule has 3 aromatic rings. The molecule has 0 aliphatic carbocycles. The van der Waals surface area contributed by atoms with Crippen LogP contribution in [0.3, 0.4) is 0 Å². The van der Waals surface area contributed by atoms with Crippen LogP contribution in [-0.2, 0) is 12.6 Å². The van der Waals surface area contributed by atoms with Crippen molar-refractivity contribution in [2.75, 3.05) is 7.05 Å². The van der Waals surface area contributed by atoms with Crippen LogP contribution in [0.2, 0.25) is 0 Å². The van der Waals surface area contributed by atoms with Crippen molar-refractivity contribution < 1.29 is 13.2 Å². The Bertz CT molecular complexity index is 897. The topological polar surface area (TPSA) is 53.9 Å². The van der Waals surface area contributed by atoms with Crippen LogP contribution in [0.1, 0.15) is 22.5 Å². The first-order chi connectivity index (χ1) is 12.0. The molecule has 128 valence electrons. The van der Waals surface area contributed by atoms with Crippen LogP contribution in [0.25, 0.3) is 11.1 Å². The molecule has 0 atom stereocenters. The number of H-pyrrole nitrogens is 1. The molecule has 25 heavy (non-hydrogen) atoms. The number of hydrogen-bond donors (Lipinski definition) is 1. The summed E-state index contributed by atoms with van der Waals surface area (Å²) in [5.74, 6) is 0. The Morgan fingerprint density at radius 3 is 2.48 bits per heavy atom. The molecule has 1 aromatic heterocycles. The number of nitrogens with zero attached hydrogens (tertiary/aromatic N) is 3. The molecule has 2 aromatic carbocycles. The number of nitrogens with one attached hydrogen (secondary N) is 1. The number of aromatic amines is 1. The molecule has 0 aliphatic heterocycles. The molecule has 4 nitrogen and oxygen atoms in total. The van der Waals surface area contributed by atoms with Gasteiger partial charge in [0, 0.05) is 13.5 Å². The van der Waals surface area contributed by atoms with E-state index in [0.29, 0.717) is 17.7 Å². The van der Waals surface area contributed by atoms with Gasteiger partial charge in [-0.1, -0.05) is 36.4 Å². The molecule has 0 radical (unpaired) electrons. The van der Waals surface area contributed by atoms with E-state index in [1.165, 1.54) is 6.07 Å². The van der Waals surface area contributed by atoms with Gasteiger partial charge in [0.15, 0.2) is 0 Å². The summed E-state index contributed by atoms with van der Waals surface area (Å²) in [6, 6.07) is 12.7. The minimum Gasteiger partial charge on any atom is -0.294 e. The molecule has 0 spiro atoms. The Kier molecular flexibility index (Phi) is 4.65. The first kappa shape index (κ1) is 16.9. The lowest BCUT2D eigenvalue weighted by atomic mass is 9.99. The second-order valence-electron chi connectivity index (χ2n) is 5.50. The third-order valence-electron chi connectivity index (χ3n) is 3.72. The SMILES string of the molecule is CN=Cc1n[nH]nc1Cc1cccc(-c2cccc(C(F)(F)F)c2)c1. The summed E-state index contributed by atoms with van der Waals surface area (Å²) in [5.41, 5.74) is 2.88. The molecule has 0 fully saturated rings. The fourth-order valence-corrected chi connectivity index (χ4v) is 2.55. The van der Waals surface area contributed by atoms with Crippen molar-refractivity contribution in [1.82, 2.24) is 15.4 Å². The predicted octanol–water partition coefficient (Wildman–Crippen LogP) is 4.13. The molecular weight excluding hydrogens is 329 g/mol. The largest absolute Gasteiger partial charge is 0.416 e. The van der Waals surface area contributed by atoms with Gasteiger partial charge in [-0.2, -0.15) is 28.6 Å². The molecule has 0 saturated carbocycles. The summed E-state index contributed by atoms with van der Waals surface area (Å²) in [7, 11) is 1.65. The van der Waals surface area contributed by atoms with Crippen LogP contribution in [0, 0.1) is 0 Å². The van der Waals surface area contributed by atoms with E-state index in [4.69, 9.17) is 0 Å². The van der Waals surface area contributed by atoms with E-state index in [2.05, 4.69) is 20.4 Å². The molecule has 7 heteroatoms. The van der Waals surface area contributed by atoms with Crippen LogP contribution < -0.4 is 0 Å². The summed E-state index contributed by atoms with van der Waals surface area (Å²) >= 11 is 0. The molecular formula is C18H15F3N4. The quantitative estimate of drug-likeness (QED) is 0.724. The number of aliphatic imine (C=N–C) groups is 1. The van der Waals surface area contributed by atoms with Gasteiger partial charge in [-0.15, -0.1) is 0 Å². The Hall–Kier alpha value is -2.96. The zero-order chi connectivity index (χ0) is 17.9. The summed E-state index contributed by atoms with van der Waals surface area (Å²) < 4.78 is 38.7. The van der Waals surface area contributed by atoms with Crippen LogP contribution >= 0.6 is 0 Å². The molecule has 3 rings (SSSR count). The van der Waals surface area contributed by atoms with Crippen molar-refractivity contribution in [3.8, 4) is 11.1 Å². The van der Waals surface area contributed by atoms with Crippen molar-refractivity contribution in [2.24, 2.45) is 4.99 Å². The number of hydrogen-bond acceptors (Lipinski definition) is 3. The third-order valence-corrected chi connectivity index (χ3v) is 3.72. The molecule has 0 saturated heterocycles. The molecule has 1 N–H and O–H groups in total. The third kappa shape index (κ3) is 3.93. The fourth-order valence-electron chi connectivity index (χ4n) is 2.55. The molecule has 0 amide bonds. The normalized spacial score (nSPS) is 12.0. The molecule has 0 bridgehead atoms. The summed E-state index contributed by atoms with van der Waals surface area (Å²) in [6.45, 7) is 0. The average Bonchev–Trinajstić information content (AvgIpc) is 3.02. The van der Waals surface area contributed by atoms with Gasteiger partial charge in [-0.05, 0) is 28.8 Å². The van der Waals surface area contributed by atoms with Gasteiger partial charge in [0.05, 0.1) is 17.5 Å². The van der Waals surface area contributed by atoms with Gasteiger partial charge >= 0.3 is 6.18 Å². The van der Waals surface area contributed by atoms with Gasteiger partial charge in [-0.3, -0.25) is 4.99 Å². The summed E-state index contributed by atoms with van der Waals surface area (Å²) in [5, 5.41) is 10.7. The van der Waals surface area contributed by atoms with Crippen molar-refractivity contribution in [1.29, 1.82) is 0 Å². The lowest BCUT2D eigenvalue weighted by Gasteiger charge is -2.10. The zero-order valence-electron chi connectivity index (χ0n) is 13.4. The highest BCUT2D eigenvalue weighted by atomic mass is 19.4. The van der Waals surface area contributed by atoms with E-state index in [1.807, 2.05) is 18.2 Å². The molecule has 0 aliphatic rings.